The Bertz CT molecular complexity index is 879. The summed E-state index contributed by atoms with van der Waals surface area (Å²) < 4.78 is 1.78. The molecule has 0 saturated carbocycles. The van der Waals surface area contributed by atoms with Gasteiger partial charge in [0, 0.05) is 6.42 Å². The fourth-order valence-corrected chi connectivity index (χ4v) is 2.69. The van der Waals surface area contributed by atoms with Crippen LogP contribution in [0.4, 0.5) is 0 Å². The average Bonchev–Trinajstić information content (AvgIpc) is 3.20. The van der Waals surface area contributed by atoms with E-state index < -0.39 is 5.60 Å². The lowest BCUT2D eigenvalue weighted by atomic mass is 9.88. The molecule has 1 aliphatic rings. The average molecular weight is 308 g/mol. The summed E-state index contributed by atoms with van der Waals surface area (Å²) in [6.45, 7) is 2.67. The Labute approximate surface area is 132 Å². The molecular weight excluding hydrogens is 292 g/mol. The van der Waals surface area contributed by atoms with Gasteiger partial charge < -0.3 is 4.84 Å². The van der Waals surface area contributed by atoms with Crippen molar-refractivity contribution < 1.29 is 4.84 Å². The quantitative estimate of drug-likeness (QED) is 0.735. The van der Waals surface area contributed by atoms with Gasteiger partial charge in [0.05, 0.1) is 6.54 Å². The molecule has 4 rings (SSSR count). The minimum absolute atomic E-state index is 0.517. The summed E-state index contributed by atoms with van der Waals surface area (Å²) in [6.07, 6.45) is 10.2. The van der Waals surface area contributed by atoms with Gasteiger partial charge in [-0.05, 0) is 29.8 Å². The number of allylic oxidation sites excluding steroid dienone is 2. The second-order valence-electron chi connectivity index (χ2n) is 5.69. The lowest BCUT2D eigenvalue weighted by molar-refractivity contribution is -0.0314. The van der Waals surface area contributed by atoms with Crippen LogP contribution < -0.4 is 4.84 Å². The Kier molecular flexibility index (Phi) is 3.18. The molecule has 7 nitrogen and oxygen atoms in total. The first-order chi connectivity index (χ1) is 11.2. The third-order valence-electron chi connectivity index (χ3n) is 4.03. The molecule has 0 saturated heterocycles. The van der Waals surface area contributed by atoms with E-state index in [1.165, 1.54) is 11.2 Å². The van der Waals surface area contributed by atoms with Gasteiger partial charge in [-0.15, -0.1) is 5.10 Å². The lowest BCUT2D eigenvalue weighted by Crippen LogP contribution is -2.42. The van der Waals surface area contributed by atoms with Gasteiger partial charge in [0.25, 0.3) is 0 Å². The topological polar surface area (TPSA) is 70.7 Å². The SMILES string of the molecule is CC1(On2nnc3ccccc32)CC=CC=C1Cn1cncn1. The first-order valence-electron chi connectivity index (χ1n) is 7.43. The van der Waals surface area contributed by atoms with Crippen LogP contribution in [-0.4, -0.2) is 35.5 Å². The summed E-state index contributed by atoms with van der Waals surface area (Å²) >= 11 is 0. The maximum absolute atomic E-state index is 6.22. The Morgan fingerprint density at radius 2 is 2.22 bits per heavy atom. The van der Waals surface area contributed by atoms with E-state index in [0.29, 0.717) is 6.54 Å². The van der Waals surface area contributed by atoms with Crippen molar-refractivity contribution in [3.8, 4) is 0 Å². The molecule has 0 spiro atoms. The highest BCUT2D eigenvalue weighted by Crippen LogP contribution is 2.28. The third-order valence-corrected chi connectivity index (χ3v) is 4.03. The van der Waals surface area contributed by atoms with Crippen LogP contribution in [0.5, 0.6) is 0 Å². The van der Waals surface area contributed by atoms with Gasteiger partial charge in [0.1, 0.15) is 23.7 Å². The van der Waals surface area contributed by atoms with Gasteiger partial charge in [-0.25, -0.2) is 9.67 Å². The molecule has 1 unspecified atom stereocenters. The Hall–Kier alpha value is -2.96. The molecule has 2 aromatic heterocycles. The van der Waals surface area contributed by atoms with Crippen LogP contribution in [0.25, 0.3) is 11.0 Å². The van der Waals surface area contributed by atoms with E-state index in [-0.39, 0.29) is 0 Å². The number of aromatic nitrogens is 6. The zero-order valence-corrected chi connectivity index (χ0v) is 12.7. The standard InChI is InChI=1S/C16H16N6O/c1-16(23-22-15-8-3-2-7-14(15)19-20-22)9-5-4-6-13(16)10-21-12-17-11-18-21/h2-8,11-12H,9-10H2,1H3. The number of benzene rings is 1. The Balaban J connectivity index is 1.65. The molecule has 0 aliphatic heterocycles. The van der Waals surface area contributed by atoms with E-state index in [2.05, 4.69) is 39.5 Å². The van der Waals surface area contributed by atoms with Crippen LogP contribution in [0.1, 0.15) is 13.3 Å². The molecule has 0 fully saturated rings. The zero-order valence-electron chi connectivity index (χ0n) is 12.7. The number of fused-ring (bicyclic) bond motifs is 1. The first kappa shape index (κ1) is 13.7. The van der Waals surface area contributed by atoms with Crippen LogP contribution in [0, 0.1) is 0 Å². The highest BCUT2D eigenvalue weighted by Gasteiger charge is 2.33. The van der Waals surface area contributed by atoms with Crippen molar-refractivity contribution in [3.05, 3.63) is 60.7 Å². The number of nitrogens with zero attached hydrogens (tertiary/aromatic N) is 6. The van der Waals surface area contributed by atoms with Gasteiger partial charge in [0.15, 0.2) is 5.60 Å². The molecule has 0 bridgehead atoms. The Morgan fingerprint density at radius 1 is 1.30 bits per heavy atom. The molecule has 23 heavy (non-hydrogen) atoms. The van der Waals surface area contributed by atoms with E-state index in [1.807, 2.05) is 30.3 Å². The number of rotatable bonds is 4. The summed E-state index contributed by atoms with van der Waals surface area (Å²) in [7, 11) is 0. The molecule has 0 radical (unpaired) electrons. The van der Waals surface area contributed by atoms with Crippen LogP contribution in [-0.2, 0) is 6.54 Å². The van der Waals surface area contributed by atoms with E-state index in [4.69, 9.17) is 4.84 Å². The van der Waals surface area contributed by atoms with Crippen LogP contribution >= 0.6 is 0 Å². The molecule has 116 valence electrons. The zero-order chi connectivity index (χ0) is 15.7. The van der Waals surface area contributed by atoms with Gasteiger partial charge >= 0.3 is 0 Å². The van der Waals surface area contributed by atoms with Crippen molar-refractivity contribution >= 4 is 11.0 Å². The van der Waals surface area contributed by atoms with Crippen molar-refractivity contribution in [1.29, 1.82) is 0 Å². The normalized spacial score (nSPS) is 20.7. The molecule has 7 heteroatoms. The van der Waals surface area contributed by atoms with Crippen molar-refractivity contribution in [3.63, 3.8) is 0 Å². The van der Waals surface area contributed by atoms with E-state index >= 15 is 0 Å². The molecule has 0 amide bonds. The van der Waals surface area contributed by atoms with Gasteiger partial charge in [-0.1, -0.05) is 35.2 Å². The highest BCUT2D eigenvalue weighted by atomic mass is 16.7. The largest absolute Gasteiger partial charge is 0.384 e. The van der Waals surface area contributed by atoms with Crippen LogP contribution in [0.15, 0.2) is 60.7 Å². The first-order valence-corrected chi connectivity index (χ1v) is 7.43. The molecule has 1 aromatic carbocycles. The minimum Gasteiger partial charge on any atom is -0.384 e. The minimum atomic E-state index is -0.517. The molecule has 1 atom stereocenters. The summed E-state index contributed by atoms with van der Waals surface area (Å²) in [6, 6.07) is 7.74. The van der Waals surface area contributed by atoms with Crippen molar-refractivity contribution in [2.24, 2.45) is 0 Å². The summed E-state index contributed by atoms with van der Waals surface area (Å²) in [5.41, 5.74) is 2.25. The predicted octanol–water partition coefficient (Wildman–Crippen LogP) is 1.80. The van der Waals surface area contributed by atoms with E-state index in [9.17, 15) is 0 Å². The van der Waals surface area contributed by atoms with Crippen LogP contribution in [0.2, 0.25) is 0 Å². The monoisotopic (exact) mass is 308 g/mol. The maximum atomic E-state index is 6.22. The van der Waals surface area contributed by atoms with Gasteiger partial charge in [-0.2, -0.15) is 5.10 Å². The summed E-state index contributed by atoms with van der Waals surface area (Å²) in [4.78, 5) is 11.7. The van der Waals surface area contributed by atoms with E-state index in [1.54, 1.807) is 11.0 Å². The lowest BCUT2D eigenvalue weighted by Gasteiger charge is -2.32. The summed E-state index contributed by atoms with van der Waals surface area (Å²) in [5, 5.41) is 12.4. The number of para-hydroxylation sites is 1. The maximum Gasteiger partial charge on any atom is 0.161 e. The highest BCUT2D eigenvalue weighted by molar-refractivity contribution is 5.73. The Morgan fingerprint density at radius 3 is 3.09 bits per heavy atom. The smallest absolute Gasteiger partial charge is 0.161 e. The van der Waals surface area contributed by atoms with Crippen molar-refractivity contribution in [2.75, 3.05) is 0 Å². The second kappa shape index (κ2) is 5.35. The van der Waals surface area contributed by atoms with Gasteiger partial charge in [0.2, 0.25) is 0 Å². The van der Waals surface area contributed by atoms with Gasteiger partial charge in [-0.3, -0.25) is 0 Å². The molecule has 0 N–H and O–H groups in total. The van der Waals surface area contributed by atoms with E-state index in [0.717, 1.165) is 23.0 Å². The molecule has 1 aliphatic carbocycles. The fourth-order valence-electron chi connectivity index (χ4n) is 2.69. The van der Waals surface area contributed by atoms with Crippen LogP contribution in [0.3, 0.4) is 0 Å². The van der Waals surface area contributed by atoms with Crippen molar-refractivity contribution in [1.82, 2.24) is 29.9 Å². The summed E-state index contributed by atoms with van der Waals surface area (Å²) in [5.74, 6) is 0. The predicted molar refractivity (Wildman–Crippen MR) is 84.4 cm³/mol. The number of hydrogen-bond acceptors (Lipinski definition) is 5. The molecular formula is C16H16N6O. The third kappa shape index (κ3) is 2.50. The number of hydrogen-bond donors (Lipinski definition) is 0. The van der Waals surface area contributed by atoms with Crippen molar-refractivity contribution in [2.45, 2.75) is 25.5 Å². The molecule has 2 heterocycles. The second-order valence-corrected chi connectivity index (χ2v) is 5.69. The fraction of sp³-hybridized carbons (Fsp3) is 0.250. The molecule has 3 aromatic rings.